The van der Waals surface area contributed by atoms with Crippen LogP contribution in [-0.2, 0) is 11.3 Å². The van der Waals surface area contributed by atoms with E-state index in [-0.39, 0.29) is 12.5 Å². The molecule has 27 heavy (non-hydrogen) atoms. The summed E-state index contributed by atoms with van der Waals surface area (Å²) in [7, 11) is 5.09. The molecule has 150 valence electrons. The van der Waals surface area contributed by atoms with Gasteiger partial charge in [0.1, 0.15) is 5.75 Å². The monoisotopic (exact) mass is 394 g/mol. The normalized spacial score (nSPS) is 15.3. The maximum Gasteiger partial charge on any atom is 0.241 e. The molecular weight excluding hydrogens is 364 g/mol. The average Bonchev–Trinajstić information content (AvgIpc) is 2.68. The van der Waals surface area contributed by atoms with E-state index in [1.807, 2.05) is 18.2 Å². The molecule has 1 saturated carbocycles. The van der Waals surface area contributed by atoms with E-state index in [1.165, 1.54) is 32.1 Å². The molecule has 0 unspecified atom stereocenters. The maximum atomic E-state index is 11.9. The quantitative estimate of drug-likeness (QED) is 0.551. The fraction of sp³-hybridized carbons (Fsp3) is 0.600. The summed E-state index contributed by atoms with van der Waals surface area (Å²) in [5.74, 6) is 1.98. The summed E-state index contributed by atoms with van der Waals surface area (Å²) in [5.41, 5.74) is 0.985. The van der Waals surface area contributed by atoms with Crippen molar-refractivity contribution in [2.45, 2.75) is 38.6 Å². The van der Waals surface area contributed by atoms with Crippen LogP contribution in [0.5, 0.6) is 5.75 Å². The van der Waals surface area contributed by atoms with Gasteiger partial charge in [-0.3, -0.25) is 4.79 Å². The summed E-state index contributed by atoms with van der Waals surface area (Å²) in [5, 5.41) is 7.11. The van der Waals surface area contributed by atoms with Crippen molar-refractivity contribution in [3.8, 4) is 5.75 Å². The van der Waals surface area contributed by atoms with E-state index < -0.39 is 0 Å². The lowest BCUT2D eigenvalue weighted by Crippen LogP contribution is -2.44. The van der Waals surface area contributed by atoms with E-state index in [9.17, 15) is 4.79 Å². The molecule has 0 heterocycles. The minimum Gasteiger partial charge on any atom is -0.495 e. The molecule has 1 fully saturated rings. The van der Waals surface area contributed by atoms with Crippen molar-refractivity contribution in [1.82, 2.24) is 15.5 Å². The van der Waals surface area contributed by atoms with E-state index in [0.717, 1.165) is 12.1 Å². The summed E-state index contributed by atoms with van der Waals surface area (Å²) in [6.45, 7) is 1.57. The first-order valence-corrected chi connectivity index (χ1v) is 9.92. The van der Waals surface area contributed by atoms with Gasteiger partial charge in [-0.05, 0) is 36.5 Å². The number of carbonyl (C=O) groups excluding carboxylic acids is 1. The van der Waals surface area contributed by atoms with Gasteiger partial charge in [-0.1, -0.05) is 36.9 Å². The van der Waals surface area contributed by atoms with Crippen LogP contribution >= 0.6 is 11.6 Å². The standard InChI is InChI=1S/C20H31ClN4O2/c1-25(2)19(26)14-24-20(22-12-15-7-5-4-6-8-15)23-13-16-9-10-18(27-3)17(21)11-16/h9-11,15H,4-8,12-14H2,1-3H3,(H2,22,23,24). The Hall–Kier alpha value is -1.95. The van der Waals surface area contributed by atoms with Crippen molar-refractivity contribution in [3.05, 3.63) is 28.8 Å². The van der Waals surface area contributed by atoms with Crippen LogP contribution in [-0.4, -0.2) is 51.1 Å². The Labute approximate surface area is 167 Å². The number of hydrogen-bond acceptors (Lipinski definition) is 3. The number of nitrogens with one attached hydrogen (secondary N) is 2. The molecule has 7 heteroatoms. The smallest absolute Gasteiger partial charge is 0.241 e. The number of guanidine groups is 1. The molecular formula is C20H31ClN4O2. The zero-order chi connectivity index (χ0) is 19.6. The van der Waals surface area contributed by atoms with Crippen molar-refractivity contribution in [2.75, 3.05) is 34.3 Å². The van der Waals surface area contributed by atoms with E-state index >= 15 is 0 Å². The van der Waals surface area contributed by atoms with E-state index in [4.69, 9.17) is 16.3 Å². The highest BCUT2D eigenvalue weighted by Crippen LogP contribution is 2.25. The number of aliphatic imine (C=N–C) groups is 1. The molecule has 0 atom stereocenters. The van der Waals surface area contributed by atoms with E-state index in [2.05, 4.69) is 15.6 Å². The molecule has 0 saturated heterocycles. The van der Waals surface area contributed by atoms with Crippen LogP contribution in [0, 0.1) is 5.92 Å². The van der Waals surface area contributed by atoms with Crippen molar-refractivity contribution in [1.29, 1.82) is 0 Å². The van der Waals surface area contributed by atoms with Crippen LogP contribution in [0.4, 0.5) is 0 Å². The van der Waals surface area contributed by atoms with Gasteiger partial charge in [-0.25, -0.2) is 4.99 Å². The number of benzene rings is 1. The molecule has 0 radical (unpaired) electrons. The predicted octanol–water partition coefficient (Wildman–Crippen LogP) is 3.05. The molecule has 0 aliphatic heterocycles. The van der Waals surface area contributed by atoms with Gasteiger partial charge in [-0.2, -0.15) is 0 Å². The largest absolute Gasteiger partial charge is 0.495 e. The second-order valence-corrected chi connectivity index (χ2v) is 7.57. The average molecular weight is 395 g/mol. The Morgan fingerprint density at radius 3 is 2.63 bits per heavy atom. The highest BCUT2D eigenvalue weighted by atomic mass is 35.5. The third-order valence-corrected chi connectivity index (χ3v) is 5.12. The predicted molar refractivity (Wildman–Crippen MR) is 110 cm³/mol. The molecule has 2 N–H and O–H groups in total. The van der Waals surface area contributed by atoms with Crippen molar-refractivity contribution in [2.24, 2.45) is 10.9 Å². The SMILES string of the molecule is COc1ccc(CN=C(NCC(=O)N(C)C)NCC2CCCCC2)cc1Cl. The number of likely N-dealkylation sites (N-methyl/N-ethyl adjacent to an activating group) is 1. The van der Waals surface area contributed by atoms with Crippen LogP contribution in [0.15, 0.2) is 23.2 Å². The van der Waals surface area contributed by atoms with Gasteiger partial charge in [0.05, 0.1) is 25.2 Å². The van der Waals surface area contributed by atoms with Crippen molar-refractivity contribution < 1.29 is 9.53 Å². The second kappa shape index (κ2) is 11.0. The molecule has 6 nitrogen and oxygen atoms in total. The number of rotatable bonds is 7. The fourth-order valence-corrected chi connectivity index (χ4v) is 3.38. The number of halogens is 1. The molecule has 1 aliphatic carbocycles. The minimum absolute atomic E-state index is 0.00894. The summed E-state index contributed by atoms with van der Waals surface area (Å²) in [6, 6.07) is 5.64. The summed E-state index contributed by atoms with van der Waals surface area (Å²) >= 11 is 6.19. The molecule has 1 aliphatic rings. The first-order chi connectivity index (χ1) is 13.0. The number of ether oxygens (including phenoxy) is 1. The number of hydrogen-bond donors (Lipinski definition) is 2. The first-order valence-electron chi connectivity index (χ1n) is 9.54. The third-order valence-electron chi connectivity index (χ3n) is 4.82. The molecule has 1 aromatic carbocycles. The number of nitrogens with zero attached hydrogens (tertiary/aromatic N) is 2. The summed E-state index contributed by atoms with van der Waals surface area (Å²) in [6.07, 6.45) is 6.45. The fourth-order valence-electron chi connectivity index (χ4n) is 3.10. The van der Waals surface area contributed by atoms with Gasteiger partial charge in [0, 0.05) is 20.6 Å². The zero-order valence-corrected chi connectivity index (χ0v) is 17.3. The Kier molecular flexibility index (Phi) is 8.72. The summed E-state index contributed by atoms with van der Waals surface area (Å²) in [4.78, 5) is 18.1. The Morgan fingerprint density at radius 1 is 1.26 bits per heavy atom. The molecule has 0 bridgehead atoms. The summed E-state index contributed by atoms with van der Waals surface area (Å²) < 4.78 is 5.18. The molecule has 0 aromatic heterocycles. The van der Waals surface area contributed by atoms with Gasteiger partial charge in [-0.15, -0.1) is 0 Å². The molecule has 1 amide bonds. The van der Waals surface area contributed by atoms with Crippen LogP contribution in [0.1, 0.15) is 37.7 Å². The lowest BCUT2D eigenvalue weighted by Gasteiger charge is -2.23. The topological polar surface area (TPSA) is 66.0 Å². The maximum absolute atomic E-state index is 11.9. The lowest BCUT2D eigenvalue weighted by atomic mass is 9.89. The van der Waals surface area contributed by atoms with Gasteiger partial charge < -0.3 is 20.3 Å². The van der Waals surface area contributed by atoms with E-state index in [1.54, 1.807) is 26.1 Å². The van der Waals surface area contributed by atoms with Crippen LogP contribution in [0.3, 0.4) is 0 Å². The lowest BCUT2D eigenvalue weighted by molar-refractivity contribution is -0.127. The molecule has 1 aromatic rings. The molecule has 0 spiro atoms. The highest BCUT2D eigenvalue weighted by molar-refractivity contribution is 6.32. The Bertz CT molecular complexity index is 643. The van der Waals surface area contributed by atoms with Gasteiger partial charge in [0.25, 0.3) is 0 Å². The first kappa shape index (κ1) is 21.4. The zero-order valence-electron chi connectivity index (χ0n) is 16.6. The Morgan fingerprint density at radius 2 is 2.00 bits per heavy atom. The second-order valence-electron chi connectivity index (χ2n) is 7.16. The van der Waals surface area contributed by atoms with Gasteiger partial charge >= 0.3 is 0 Å². The molecule has 2 rings (SSSR count). The van der Waals surface area contributed by atoms with Crippen molar-refractivity contribution in [3.63, 3.8) is 0 Å². The number of methoxy groups -OCH3 is 1. The van der Waals surface area contributed by atoms with E-state index in [0.29, 0.717) is 29.2 Å². The van der Waals surface area contributed by atoms with Crippen LogP contribution < -0.4 is 15.4 Å². The number of carbonyl (C=O) groups is 1. The van der Waals surface area contributed by atoms with Crippen LogP contribution in [0.25, 0.3) is 0 Å². The highest BCUT2D eigenvalue weighted by Gasteiger charge is 2.14. The minimum atomic E-state index is 0.00894. The van der Waals surface area contributed by atoms with Gasteiger partial charge in [0.15, 0.2) is 5.96 Å². The third kappa shape index (κ3) is 7.29. The number of amides is 1. The van der Waals surface area contributed by atoms with Crippen LogP contribution in [0.2, 0.25) is 5.02 Å². The van der Waals surface area contributed by atoms with Gasteiger partial charge in [0.2, 0.25) is 5.91 Å². The Balaban J connectivity index is 1.98. The van der Waals surface area contributed by atoms with Crippen molar-refractivity contribution >= 4 is 23.5 Å².